The Balaban J connectivity index is 1.44. The van der Waals surface area contributed by atoms with Crippen LogP contribution >= 0.6 is 11.3 Å². The second kappa shape index (κ2) is 8.15. The first-order chi connectivity index (χ1) is 14.2. The van der Waals surface area contributed by atoms with Gasteiger partial charge >= 0.3 is 0 Å². The molecule has 148 valence electrons. The summed E-state index contributed by atoms with van der Waals surface area (Å²) in [5.41, 5.74) is 0.808. The molecule has 0 radical (unpaired) electrons. The summed E-state index contributed by atoms with van der Waals surface area (Å²) in [6, 6.07) is 14.4. The fourth-order valence-electron chi connectivity index (χ4n) is 2.59. The zero-order valence-corrected chi connectivity index (χ0v) is 16.5. The number of amides is 1. The first-order valence-electron chi connectivity index (χ1n) is 8.59. The molecule has 0 saturated heterocycles. The van der Waals surface area contributed by atoms with Gasteiger partial charge in [0.1, 0.15) is 17.2 Å². The number of fused-ring (bicyclic) bond motifs is 1. The summed E-state index contributed by atoms with van der Waals surface area (Å²) < 4.78 is 17.4. The highest BCUT2D eigenvalue weighted by Crippen LogP contribution is 2.26. The largest absolute Gasteiger partial charge is 0.497 e. The van der Waals surface area contributed by atoms with Crippen LogP contribution in [0.5, 0.6) is 17.2 Å². The van der Waals surface area contributed by atoms with E-state index in [-0.39, 0.29) is 12.5 Å². The summed E-state index contributed by atoms with van der Waals surface area (Å²) in [6.07, 6.45) is 0. The lowest BCUT2D eigenvalue weighted by Crippen LogP contribution is -2.20. The molecular formula is C19H17N5O4S. The number of hydrogen-bond donors (Lipinski definition) is 1. The second-order valence-corrected chi connectivity index (χ2v) is 6.83. The van der Waals surface area contributed by atoms with E-state index in [1.54, 1.807) is 43.0 Å². The normalized spacial score (nSPS) is 10.7. The molecule has 4 aromatic rings. The molecule has 1 N–H and O–H groups in total. The first-order valence-corrected chi connectivity index (χ1v) is 9.41. The van der Waals surface area contributed by atoms with Crippen LogP contribution in [0.1, 0.15) is 0 Å². The van der Waals surface area contributed by atoms with Crippen LogP contribution in [0.2, 0.25) is 0 Å². The third-order valence-electron chi connectivity index (χ3n) is 3.99. The maximum atomic E-state index is 12.2. The van der Waals surface area contributed by atoms with Gasteiger partial charge in [-0.1, -0.05) is 23.5 Å². The molecule has 0 spiro atoms. The molecule has 4 rings (SSSR count). The molecule has 0 aliphatic carbocycles. The van der Waals surface area contributed by atoms with Crippen LogP contribution in [0.25, 0.3) is 16.3 Å². The molecule has 1 amide bonds. The molecule has 0 atom stereocenters. The molecule has 2 heterocycles. The predicted octanol–water partition coefficient (Wildman–Crippen LogP) is 2.89. The van der Waals surface area contributed by atoms with E-state index in [4.69, 9.17) is 14.2 Å². The van der Waals surface area contributed by atoms with Crippen LogP contribution in [0, 0.1) is 0 Å². The lowest BCUT2D eigenvalue weighted by molar-refractivity contribution is -0.118. The fourth-order valence-corrected chi connectivity index (χ4v) is 3.34. The highest BCUT2D eigenvalue weighted by Gasteiger charge is 2.15. The zero-order valence-electron chi connectivity index (χ0n) is 15.7. The molecule has 0 fully saturated rings. The van der Waals surface area contributed by atoms with Gasteiger partial charge in [0.25, 0.3) is 5.91 Å². The topological polar surface area (TPSA) is 99.9 Å². The van der Waals surface area contributed by atoms with Crippen LogP contribution < -0.4 is 19.5 Å². The van der Waals surface area contributed by atoms with Crippen molar-refractivity contribution in [2.45, 2.75) is 0 Å². The summed E-state index contributed by atoms with van der Waals surface area (Å²) in [5.74, 6) is 2.23. The van der Waals surface area contributed by atoms with Gasteiger partial charge in [0.15, 0.2) is 12.4 Å². The Labute approximate surface area is 169 Å². The van der Waals surface area contributed by atoms with Crippen molar-refractivity contribution in [1.82, 2.24) is 19.8 Å². The Morgan fingerprint density at radius 2 is 1.79 bits per heavy atom. The Morgan fingerprint density at radius 3 is 2.55 bits per heavy atom. The van der Waals surface area contributed by atoms with Crippen molar-refractivity contribution in [3.63, 3.8) is 0 Å². The van der Waals surface area contributed by atoms with Gasteiger partial charge in [0, 0.05) is 5.56 Å². The Kier molecular flexibility index (Phi) is 5.25. The predicted molar refractivity (Wildman–Crippen MR) is 108 cm³/mol. The number of hydrogen-bond acceptors (Lipinski definition) is 8. The van der Waals surface area contributed by atoms with Crippen molar-refractivity contribution in [3.05, 3.63) is 48.5 Å². The van der Waals surface area contributed by atoms with Gasteiger partial charge in [-0.2, -0.15) is 4.52 Å². The summed E-state index contributed by atoms with van der Waals surface area (Å²) in [6.45, 7) is -0.144. The van der Waals surface area contributed by atoms with Crippen molar-refractivity contribution in [1.29, 1.82) is 0 Å². The SMILES string of the molecule is COc1ccc(OCC(=O)Nc2nn3c(-c4cccc(OC)c4)nnc3s2)cc1. The molecular weight excluding hydrogens is 394 g/mol. The van der Waals surface area contributed by atoms with Crippen LogP contribution in [-0.2, 0) is 4.79 Å². The fraction of sp³-hybridized carbons (Fsp3) is 0.158. The number of rotatable bonds is 7. The Morgan fingerprint density at radius 1 is 1.03 bits per heavy atom. The first kappa shape index (κ1) is 18.7. The molecule has 2 aromatic carbocycles. The lowest BCUT2D eigenvalue weighted by Gasteiger charge is -2.06. The number of carbonyl (C=O) groups excluding carboxylic acids is 1. The van der Waals surface area contributed by atoms with E-state index in [0.29, 0.717) is 33.2 Å². The van der Waals surface area contributed by atoms with E-state index < -0.39 is 0 Å². The third-order valence-corrected chi connectivity index (χ3v) is 4.81. The maximum Gasteiger partial charge on any atom is 0.264 e. The van der Waals surface area contributed by atoms with Crippen LogP contribution in [0.15, 0.2) is 48.5 Å². The monoisotopic (exact) mass is 411 g/mol. The summed E-state index contributed by atoms with van der Waals surface area (Å²) >= 11 is 1.22. The van der Waals surface area contributed by atoms with Crippen LogP contribution in [0.3, 0.4) is 0 Å². The summed E-state index contributed by atoms with van der Waals surface area (Å²) in [5, 5.41) is 15.8. The van der Waals surface area contributed by atoms with E-state index in [9.17, 15) is 4.79 Å². The number of ether oxygens (including phenoxy) is 3. The van der Waals surface area contributed by atoms with Crippen LogP contribution in [0.4, 0.5) is 5.13 Å². The highest BCUT2D eigenvalue weighted by molar-refractivity contribution is 7.20. The molecule has 9 nitrogen and oxygen atoms in total. The number of aromatic nitrogens is 4. The number of nitrogens with zero attached hydrogens (tertiary/aromatic N) is 4. The van der Waals surface area contributed by atoms with Gasteiger partial charge in [-0.3, -0.25) is 10.1 Å². The molecule has 10 heteroatoms. The van der Waals surface area contributed by atoms with Crippen molar-refractivity contribution >= 4 is 27.3 Å². The van der Waals surface area contributed by atoms with Gasteiger partial charge in [0.2, 0.25) is 10.1 Å². The summed E-state index contributed by atoms with van der Waals surface area (Å²) in [7, 11) is 3.19. The number of carbonyl (C=O) groups is 1. The summed E-state index contributed by atoms with van der Waals surface area (Å²) in [4.78, 5) is 12.8. The lowest BCUT2D eigenvalue weighted by atomic mass is 10.2. The minimum absolute atomic E-state index is 0.144. The van der Waals surface area contributed by atoms with Gasteiger partial charge < -0.3 is 14.2 Å². The van der Waals surface area contributed by atoms with Crippen molar-refractivity contribution in [2.75, 3.05) is 26.1 Å². The molecule has 0 unspecified atom stereocenters. The second-order valence-electron chi connectivity index (χ2n) is 5.87. The van der Waals surface area contributed by atoms with E-state index in [1.807, 2.05) is 24.3 Å². The van der Waals surface area contributed by atoms with Crippen molar-refractivity contribution < 1.29 is 19.0 Å². The number of anilines is 1. The van der Waals surface area contributed by atoms with Crippen molar-refractivity contribution in [3.8, 4) is 28.6 Å². The minimum Gasteiger partial charge on any atom is -0.497 e. The molecule has 0 saturated carbocycles. The zero-order chi connectivity index (χ0) is 20.2. The van der Waals surface area contributed by atoms with Gasteiger partial charge in [-0.25, -0.2) is 0 Å². The highest BCUT2D eigenvalue weighted by atomic mass is 32.1. The van der Waals surface area contributed by atoms with Gasteiger partial charge in [-0.15, -0.1) is 15.3 Å². The number of nitrogens with one attached hydrogen (secondary N) is 1. The van der Waals surface area contributed by atoms with Gasteiger partial charge in [-0.05, 0) is 36.4 Å². The average molecular weight is 411 g/mol. The van der Waals surface area contributed by atoms with E-state index in [1.165, 1.54) is 11.3 Å². The van der Waals surface area contributed by atoms with Crippen molar-refractivity contribution in [2.24, 2.45) is 0 Å². The number of benzene rings is 2. The maximum absolute atomic E-state index is 12.2. The quantitative estimate of drug-likeness (QED) is 0.499. The Hall–Kier alpha value is -3.66. The van der Waals surface area contributed by atoms with Gasteiger partial charge in [0.05, 0.1) is 14.2 Å². The molecule has 0 bridgehead atoms. The Bertz CT molecular complexity index is 1140. The number of methoxy groups -OCH3 is 2. The molecule has 0 aliphatic rings. The minimum atomic E-state index is -0.325. The average Bonchev–Trinajstić information content (AvgIpc) is 3.32. The molecule has 0 aliphatic heterocycles. The molecule has 29 heavy (non-hydrogen) atoms. The third kappa shape index (κ3) is 4.11. The van der Waals surface area contributed by atoms with E-state index in [2.05, 4.69) is 20.6 Å². The van der Waals surface area contributed by atoms with Crippen LogP contribution in [-0.4, -0.2) is 46.5 Å². The standard InChI is InChI=1S/C19H17N5O4S/c1-26-13-6-8-14(9-7-13)28-11-16(25)20-18-23-24-17(21-22-19(24)29-18)12-4-3-5-15(10-12)27-2/h3-10H,11H2,1-2H3,(H,20,23,25). The van der Waals surface area contributed by atoms with E-state index >= 15 is 0 Å². The van der Waals surface area contributed by atoms with E-state index in [0.717, 1.165) is 5.56 Å². The smallest absolute Gasteiger partial charge is 0.264 e. The molecule has 2 aromatic heterocycles.